The van der Waals surface area contributed by atoms with E-state index in [0.717, 1.165) is 16.1 Å². The van der Waals surface area contributed by atoms with Crippen molar-refractivity contribution < 1.29 is 15.0 Å². The molecule has 0 bridgehead atoms. The summed E-state index contributed by atoms with van der Waals surface area (Å²) in [5, 5.41) is 19.0. The molecule has 116 valence electrons. The molecule has 0 aromatic heterocycles. The molecule has 0 radical (unpaired) electrons. The zero-order valence-corrected chi connectivity index (χ0v) is 13.6. The molecule has 0 unspecified atom stereocenters. The smallest absolute Gasteiger partial charge is 0.146 e. The number of hydrogen-bond acceptors (Lipinski definition) is 5. The predicted molar refractivity (Wildman–Crippen MR) is 91.1 cm³/mol. The minimum absolute atomic E-state index is 0.173. The molecule has 0 spiro atoms. The Morgan fingerprint density at radius 2 is 1.41 bits per heavy atom. The van der Waals surface area contributed by atoms with Gasteiger partial charge in [0.25, 0.3) is 0 Å². The first kappa shape index (κ1) is 17.1. The van der Waals surface area contributed by atoms with Crippen LogP contribution in [0.25, 0.3) is 0 Å². The Morgan fingerprint density at radius 1 is 0.955 bits per heavy atom. The Bertz CT molecular complexity index is 533. The maximum Gasteiger partial charge on any atom is 0.146 e. The summed E-state index contributed by atoms with van der Waals surface area (Å²) >= 11 is 2.80. The monoisotopic (exact) mass is 334 g/mol. The zero-order chi connectivity index (χ0) is 15.8. The van der Waals surface area contributed by atoms with Crippen molar-refractivity contribution in [1.82, 2.24) is 0 Å². The first-order valence-electron chi connectivity index (χ1n) is 6.91. The molecule has 0 aliphatic heterocycles. The fourth-order valence-electron chi connectivity index (χ4n) is 1.97. The van der Waals surface area contributed by atoms with Gasteiger partial charge in [0.15, 0.2) is 0 Å². The van der Waals surface area contributed by atoms with Crippen LogP contribution in [0.1, 0.15) is 6.42 Å². The average molecular weight is 334 g/mol. The van der Waals surface area contributed by atoms with Gasteiger partial charge in [0.1, 0.15) is 10.4 Å². The lowest BCUT2D eigenvalue weighted by molar-refractivity contribution is -0.108. The van der Waals surface area contributed by atoms with Gasteiger partial charge in [0.2, 0.25) is 0 Å². The van der Waals surface area contributed by atoms with Crippen LogP contribution in [0.4, 0.5) is 0 Å². The van der Waals surface area contributed by atoms with Crippen LogP contribution in [0.2, 0.25) is 0 Å². The molecule has 0 heterocycles. The third-order valence-corrected chi connectivity index (χ3v) is 5.71. The third-order valence-electron chi connectivity index (χ3n) is 2.98. The van der Waals surface area contributed by atoms with E-state index in [1.165, 1.54) is 23.5 Å². The normalized spacial score (nSPS) is 12.8. The highest BCUT2D eigenvalue weighted by Crippen LogP contribution is 2.47. The molecule has 22 heavy (non-hydrogen) atoms. The summed E-state index contributed by atoms with van der Waals surface area (Å²) in [6.45, 7) is -0.361. The number of aliphatic hydroxyl groups is 2. The van der Waals surface area contributed by atoms with E-state index in [1.807, 2.05) is 60.7 Å². The predicted octanol–water partition coefficient (Wildman–Crippen LogP) is 3.21. The van der Waals surface area contributed by atoms with Crippen LogP contribution in [-0.2, 0) is 4.79 Å². The van der Waals surface area contributed by atoms with Crippen molar-refractivity contribution in [2.75, 3.05) is 6.61 Å². The van der Waals surface area contributed by atoms with E-state index < -0.39 is 10.2 Å². The van der Waals surface area contributed by atoms with Gasteiger partial charge in [-0.3, -0.25) is 0 Å². The lowest BCUT2D eigenvalue weighted by Gasteiger charge is -2.28. The van der Waals surface area contributed by atoms with Crippen LogP contribution in [0.15, 0.2) is 70.5 Å². The van der Waals surface area contributed by atoms with Gasteiger partial charge < -0.3 is 15.0 Å². The Balaban J connectivity index is 2.27. The Kier molecular flexibility index (Phi) is 6.51. The summed E-state index contributed by atoms with van der Waals surface area (Å²) in [5.41, 5.74) is 0. The van der Waals surface area contributed by atoms with Gasteiger partial charge in [0, 0.05) is 16.2 Å². The Labute approximate surface area is 138 Å². The van der Waals surface area contributed by atoms with Crippen LogP contribution in [0.5, 0.6) is 0 Å². The summed E-state index contributed by atoms with van der Waals surface area (Å²) in [6, 6.07) is 19.2. The molecule has 2 N–H and O–H groups in total. The number of carbonyl (C=O) groups excluding carboxylic acids is 1. The highest BCUT2D eigenvalue weighted by molar-refractivity contribution is 8.19. The van der Waals surface area contributed by atoms with Gasteiger partial charge in [0.05, 0.1) is 12.7 Å². The topological polar surface area (TPSA) is 57.5 Å². The maximum absolute atomic E-state index is 11.9. The van der Waals surface area contributed by atoms with Crippen LogP contribution < -0.4 is 0 Å². The number of thioether (sulfide) groups is 2. The molecule has 3 nitrogen and oxygen atoms in total. The molecule has 0 aliphatic rings. The van der Waals surface area contributed by atoms with Gasteiger partial charge in [-0.2, -0.15) is 0 Å². The standard InChI is InChI=1S/C17H18O3S2/c18-12-14(20)11-17(13-19,21-15-7-3-1-4-8-15)22-16-9-5-2-6-10-16/h1-10,13-14,18,20H,11-12H2/t14-/m0/s1. The molecule has 0 saturated heterocycles. The van der Waals surface area contributed by atoms with Crippen molar-refractivity contribution in [2.45, 2.75) is 26.4 Å². The number of hydrogen-bond donors (Lipinski definition) is 2. The lowest BCUT2D eigenvalue weighted by atomic mass is 10.2. The van der Waals surface area contributed by atoms with Gasteiger partial charge in [-0.05, 0) is 24.3 Å². The van der Waals surface area contributed by atoms with Gasteiger partial charge in [-0.15, -0.1) is 23.5 Å². The van der Waals surface area contributed by atoms with E-state index in [4.69, 9.17) is 5.11 Å². The number of aldehydes is 1. The van der Waals surface area contributed by atoms with Gasteiger partial charge >= 0.3 is 0 Å². The number of aliphatic hydroxyl groups excluding tert-OH is 2. The zero-order valence-electron chi connectivity index (χ0n) is 12.0. The minimum Gasteiger partial charge on any atom is -0.394 e. The van der Waals surface area contributed by atoms with E-state index in [9.17, 15) is 9.90 Å². The van der Waals surface area contributed by atoms with Crippen molar-refractivity contribution in [1.29, 1.82) is 0 Å². The van der Waals surface area contributed by atoms with Gasteiger partial charge in [-0.1, -0.05) is 36.4 Å². The molecule has 2 rings (SSSR count). The second kappa shape index (κ2) is 8.39. The molecular weight excluding hydrogens is 316 g/mol. The van der Waals surface area contributed by atoms with E-state index in [2.05, 4.69) is 0 Å². The molecule has 2 aromatic carbocycles. The van der Waals surface area contributed by atoms with E-state index in [0.29, 0.717) is 0 Å². The summed E-state index contributed by atoms with van der Waals surface area (Å²) in [4.78, 5) is 13.7. The highest BCUT2D eigenvalue weighted by atomic mass is 32.2. The van der Waals surface area contributed by atoms with Crippen LogP contribution in [0, 0.1) is 0 Å². The second-order valence-corrected chi connectivity index (χ2v) is 7.87. The third kappa shape index (κ3) is 4.88. The van der Waals surface area contributed by atoms with Crippen LogP contribution >= 0.6 is 23.5 Å². The summed E-state index contributed by atoms with van der Waals surface area (Å²) in [5.74, 6) is 0. The van der Waals surface area contributed by atoms with Crippen molar-refractivity contribution in [3.8, 4) is 0 Å². The minimum atomic E-state index is -0.933. The van der Waals surface area contributed by atoms with Crippen molar-refractivity contribution in [2.24, 2.45) is 0 Å². The Hall–Kier alpha value is -1.27. The van der Waals surface area contributed by atoms with Crippen LogP contribution in [-0.4, -0.2) is 33.3 Å². The molecule has 5 heteroatoms. The quantitative estimate of drug-likeness (QED) is 0.441. The summed E-state index contributed by atoms with van der Waals surface area (Å²) in [7, 11) is 0. The summed E-state index contributed by atoms with van der Waals surface area (Å²) < 4.78 is -0.884. The van der Waals surface area contributed by atoms with E-state index in [-0.39, 0.29) is 13.0 Å². The average Bonchev–Trinajstić information content (AvgIpc) is 2.56. The lowest BCUT2D eigenvalue weighted by Crippen LogP contribution is -2.30. The summed E-state index contributed by atoms with van der Waals surface area (Å²) in [6.07, 6.45) is 0.102. The van der Waals surface area contributed by atoms with Crippen LogP contribution in [0.3, 0.4) is 0 Å². The molecule has 2 aromatic rings. The number of benzene rings is 2. The van der Waals surface area contributed by atoms with Gasteiger partial charge in [-0.25, -0.2) is 0 Å². The van der Waals surface area contributed by atoms with E-state index in [1.54, 1.807) is 0 Å². The SMILES string of the molecule is O=CC(C[C@H](O)CO)(Sc1ccccc1)Sc1ccccc1. The first-order valence-corrected chi connectivity index (χ1v) is 8.54. The van der Waals surface area contributed by atoms with Crippen molar-refractivity contribution in [3.63, 3.8) is 0 Å². The first-order chi connectivity index (χ1) is 10.7. The maximum atomic E-state index is 11.9. The van der Waals surface area contributed by atoms with Crippen molar-refractivity contribution in [3.05, 3.63) is 60.7 Å². The molecule has 0 fully saturated rings. The molecule has 0 amide bonds. The van der Waals surface area contributed by atoms with E-state index >= 15 is 0 Å². The molecule has 0 aliphatic carbocycles. The molecular formula is C17H18O3S2. The second-order valence-electron chi connectivity index (χ2n) is 4.80. The highest BCUT2D eigenvalue weighted by Gasteiger charge is 2.35. The fraction of sp³-hybridized carbons (Fsp3) is 0.235. The fourth-order valence-corrected chi connectivity index (χ4v) is 4.75. The molecule has 0 saturated carbocycles. The molecule has 1 atom stereocenters. The number of rotatable bonds is 8. The number of carbonyl (C=O) groups is 1. The van der Waals surface area contributed by atoms with Crippen molar-refractivity contribution >= 4 is 29.8 Å². The largest absolute Gasteiger partial charge is 0.394 e. The Morgan fingerprint density at radius 3 is 1.77 bits per heavy atom.